The van der Waals surface area contributed by atoms with Crippen molar-refractivity contribution < 1.29 is 31.2 Å². The van der Waals surface area contributed by atoms with Gasteiger partial charge in [-0.2, -0.15) is 18.3 Å². The molecule has 0 aliphatic heterocycles. The number of pyridine rings is 1. The molecule has 1 aliphatic carbocycles. The third kappa shape index (κ3) is 6.14. The van der Waals surface area contributed by atoms with Crippen molar-refractivity contribution in [3.05, 3.63) is 42.2 Å². The number of halogens is 5. The lowest BCUT2D eigenvalue weighted by Crippen LogP contribution is -2.21. The number of anilines is 2. The number of nitrogens with one attached hydrogen (secondary N) is 2. The van der Waals surface area contributed by atoms with Crippen molar-refractivity contribution in [3.8, 4) is 11.5 Å². The lowest BCUT2D eigenvalue weighted by molar-refractivity contribution is -0.115. The van der Waals surface area contributed by atoms with E-state index in [4.69, 9.17) is 4.42 Å². The molecule has 4 rings (SSSR count). The number of carbonyl (C=O) groups is 1. The number of amides is 1. The van der Waals surface area contributed by atoms with E-state index in [9.17, 15) is 26.7 Å². The summed E-state index contributed by atoms with van der Waals surface area (Å²) in [7, 11) is 0. The molecule has 0 saturated heterocycles. The number of rotatable bonds is 7. The van der Waals surface area contributed by atoms with Gasteiger partial charge in [-0.25, -0.2) is 18.7 Å². The first kappa shape index (κ1) is 24.6. The van der Waals surface area contributed by atoms with Crippen molar-refractivity contribution in [1.29, 1.82) is 0 Å². The van der Waals surface area contributed by atoms with E-state index >= 15 is 0 Å². The topological polar surface area (TPSA) is 97.9 Å². The fourth-order valence-corrected chi connectivity index (χ4v) is 3.91. The SMILES string of the molecule is C[C@H]1CC[C@@H](n2cc(NC(=O)c3coc(-c4ccnc(NCC(F)(F)F)c4)n3)c(C(F)F)n2)CC1. The zero-order valence-electron chi connectivity index (χ0n) is 18.6. The Balaban J connectivity index is 1.48. The number of alkyl halides is 5. The molecule has 0 atom stereocenters. The van der Waals surface area contributed by atoms with Crippen LogP contribution in [0.4, 0.5) is 33.5 Å². The molecule has 0 unspecified atom stereocenters. The molecule has 188 valence electrons. The van der Waals surface area contributed by atoms with Gasteiger partial charge in [-0.05, 0) is 43.7 Å². The van der Waals surface area contributed by atoms with Gasteiger partial charge >= 0.3 is 6.18 Å². The summed E-state index contributed by atoms with van der Waals surface area (Å²) >= 11 is 0. The third-order valence-corrected chi connectivity index (χ3v) is 5.79. The number of nitrogens with zero attached hydrogens (tertiary/aromatic N) is 4. The minimum Gasteiger partial charge on any atom is -0.444 e. The van der Waals surface area contributed by atoms with Crippen LogP contribution in [0.25, 0.3) is 11.5 Å². The smallest absolute Gasteiger partial charge is 0.405 e. The Morgan fingerprint density at radius 3 is 2.69 bits per heavy atom. The van der Waals surface area contributed by atoms with Gasteiger partial charge in [0.2, 0.25) is 5.89 Å². The van der Waals surface area contributed by atoms with Crippen LogP contribution in [0.3, 0.4) is 0 Å². The van der Waals surface area contributed by atoms with Crippen molar-refractivity contribution in [2.45, 2.75) is 51.3 Å². The normalized spacial score (nSPS) is 18.6. The first-order chi connectivity index (χ1) is 16.6. The van der Waals surface area contributed by atoms with Crippen LogP contribution < -0.4 is 10.6 Å². The van der Waals surface area contributed by atoms with Gasteiger partial charge < -0.3 is 15.1 Å². The fraction of sp³-hybridized carbons (Fsp3) is 0.455. The molecule has 1 amide bonds. The zero-order valence-corrected chi connectivity index (χ0v) is 18.6. The van der Waals surface area contributed by atoms with Gasteiger partial charge in [-0.1, -0.05) is 6.92 Å². The molecule has 35 heavy (non-hydrogen) atoms. The molecule has 3 aromatic heterocycles. The molecule has 0 radical (unpaired) electrons. The highest BCUT2D eigenvalue weighted by Crippen LogP contribution is 2.34. The Bertz CT molecular complexity index is 1170. The Morgan fingerprint density at radius 1 is 1.26 bits per heavy atom. The molecular weight excluding hydrogens is 475 g/mol. The third-order valence-electron chi connectivity index (χ3n) is 5.79. The molecule has 13 heteroatoms. The fourth-order valence-electron chi connectivity index (χ4n) is 3.91. The molecule has 8 nitrogen and oxygen atoms in total. The number of hydrogen-bond donors (Lipinski definition) is 2. The summed E-state index contributed by atoms with van der Waals surface area (Å²) in [5.74, 6) is -0.319. The van der Waals surface area contributed by atoms with E-state index in [1.165, 1.54) is 29.2 Å². The Labute approximate surface area is 196 Å². The zero-order chi connectivity index (χ0) is 25.2. The number of aromatic nitrogens is 4. The van der Waals surface area contributed by atoms with Crippen LogP contribution in [-0.4, -0.2) is 38.4 Å². The highest BCUT2D eigenvalue weighted by atomic mass is 19.4. The first-order valence-corrected chi connectivity index (χ1v) is 11.0. The van der Waals surface area contributed by atoms with Crippen molar-refractivity contribution >= 4 is 17.4 Å². The average Bonchev–Trinajstić information content (AvgIpc) is 3.46. The van der Waals surface area contributed by atoms with Crippen molar-refractivity contribution in [2.24, 2.45) is 5.92 Å². The molecule has 2 N–H and O–H groups in total. The van der Waals surface area contributed by atoms with E-state index in [1.807, 2.05) is 0 Å². The molecule has 1 fully saturated rings. The lowest BCUT2D eigenvalue weighted by Gasteiger charge is -2.26. The largest absolute Gasteiger partial charge is 0.444 e. The average molecular weight is 498 g/mol. The molecule has 0 bridgehead atoms. The van der Waals surface area contributed by atoms with Crippen LogP contribution in [-0.2, 0) is 0 Å². The summed E-state index contributed by atoms with van der Waals surface area (Å²) in [6.07, 6.45) is -0.0401. The van der Waals surface area contributed by atoms with Crippen LogP contribution in [0.2, 0.25) is 0 Å². The molecule has 1 saturated carbocycles. The van der Waals surface area contributed by atoms with Crippen molar-refractivity contribution in [2.75, 3.05) is 17.2 Å². The standard InChI is InChI=1S/C22H23F5N6O2/c1-12-2-4-14(5-3-12)33-9-15(18(32-33)19(23)24)30-20(34)16-10-35-21(31-16)13-6-7-28-17(8-13)29-11-22(25,26)27/h6-10,12,14,19H,2-5,11H2,1H3,(H,28,29)(H,30,34)/t12-,14+. The van der Waals surface area contributed by atoms with E-state index in [2.05, 4.69) is 32.6 Å². The number of carbonyl (C=O) groups excluding carboxylic acids is 1. The predicted octanol–water partition coefficient (Wildman–Crippen LogP) is 5.85. The van der Waals surface area contributed by atoms with Crippen LogP contribution in [0, 0.1) is 5.92 Å². The summed E-state index contributed by atoms with van der Waals surface area (Å²) in [6, 6.07) is 2.71. The summed E-state index contributed by atoms with van der Waals surface area (Å²) in [4.78, 5) is 20.5. The van der Waals surface area contributed by atoms with E-state index in [-0.39, 0.29) is 34.7 Å². The summed E-state index contributed by atoms with van der Waals surface area (Å²) in [5.41, 5.74) is -0.566. The minimum absolute atomic E-state index is 0.0140. The Morgan fingerprint density at radius 2 is 2.00 bits per heavy atom. The lowest BCUT2D eigenvalue weighted by atomic mass is 9.87. The maximum absolute atomic E-state index is 13.6. The van der Waals surface area contributed by atoms with Crippen molar-refractivity contribution in [1.82, 2.24) is 19.7 Å². The summed E-state index contributed by atoms with van der Waals surface area (Å²) in [5, 5.41) is 8.57. The second-order valence-corrected chi connectivity index (χ2v) is 8.51. The molecule has 0 aromatic carbocycles. The molecule has 3 aromatic rings. The van der Waals surface area contributed by atoms with Gasteiger partial charge in [0.1, 0.15) is 18.6 Å². The summed E-state index contributed by atoms with van der Waals surface area (Å²) in [6.45, 7) is 0.871. The van der Waals surface area contributed by atoms with Crippen LogP contribution in [0.1, 0.15) is 61.3 Å². The van der Waals surface area contributed by atoms with Gasteiger partial charge in [0, 0.05) is 18.0 Å². The van der Waals surface area contributed by atoms with Gasteiger partial charge in [0.25, 0.3) is 12.3 Å². The van der Waals surface area contributed by atoms with E-state index in [0.29, 0.717) is 5.92 Å². The molecule has 1 aliphatic rings. The van der Waals surface area contributed by atoms with Gasteiger partial charge in [-0.15, -0.1) is 0 Å². The van der Waals surface area contributed by atoms with Gasteiger partial charge in [-0.3, -0.25) is 9.48 Å². The van der Waals surface area contributed by atoms with E-state index in [1.54, 1.807) is 0 Å². The van der Waals surface area contributed by atoms with Crippen molar-refractivity contribution in [3.63, 3.8) is 0 Å². The number of oxazole rings is 1. The molecular formula is C22H23F5N6O2. The quantitative estimate of drug-likeness (QED) is 0.397. The van der Waals surface area contributed by atoms with Crippen LogP contribution >= 0.6 is 0 Å². The van der Waals surface area contributed by atoms with E-state index < -0.39 is 30.7 Å². The van der Waals surface area contributed by atoms with Gasteiger partial charge in [0.05, 0.1) is 11.7 Å². The molecule has 0 spiro atoms. The Kier molecular flexibility index (Phi) is 7.03. The highest BCUT2D eigenvalue weighted by molar-refractivity contribution is 6.03. The predicted molar refractivity (Wildman–Crippen MR) is 116 cm³/mol. The van der Waals surface area contributed by atoms with Gasteiger partial charge in [0.15, 0.2) is 11.4 Å². The minimum atomic E-state index is -4.42. The second-order valence-electron chi connectivity index (χ2n) is 8.51. The maximum Gasteiger partial charge on any atom is 0.405 e. The van der Waals surface area contributed by atoms with E-state index in [0.717, 1.165) is 31.9 Å². The van der Waals surface area contributed by atoms with Crippen LogP contribution in [0.15, 0.2) is 35.2 Å². The first-order valence-electron chi connectivity index (χ1n) is 11.0. The maximum atomic E-state index is 13.6. The highest BCUT2D eigenvalue weighted by Gasteiger charge is 2.28. The van der Waals surface area contributed by atoms with Crippen LogP contribution in [0.5, 0.6) is 0 Å². The number of hydrogen-bond acceptors (Lipinski definition) is 6. The molecule has 3 heterocycles. The Hall–Kier alpha value is -3.51. The second kappa shape index (κ2) is 10.0. The summed E-state index contributed by atoms with van der Waals surface area (Å²) < 4.78 is 71.2. The monoisotopic (exact) mass is 498 g/mol.